The molecule has 3 heteroatoms. The zero-order chi connectivity index (χ0) is 11.3. The molecule has 0 nitrogen and oxygen atoms in total. The van der Waals surface area contributed by atoms with Crippen LogP contribution in [-0.2, 0) is 0 Å². The Hall–Kier alpha value is -0.320. The monoisotopic (exact) mass is 358 g/mol. The van der Waals surface area contributed by atoms with E-state index in [4.69, 9.17) is 11.6 Å². The van der Waals surface area contributed by atoms with Gasteiger partial charge in [-0.25, -0.2) is 0 Å². The minimum Gasteiger partial charge on any atom is -0.135 e. The van der Waals surface area contributed by atoms with E-state index in [-0.39, 0.29) is 0 Å². The molecule has 0 amide bonds. The van der Waals surface area contributed by atoms with Gasteiger partial charge in [0.25, 0.3) is 0 Å². The number of hydrogen-bond acceptors (Lipinski definition) is 1. The van der Waals surface area contributed by atoms with Gasteiger partial charge in [-0.1, -0.05) is 17.7 Å². The third-order valence-corrected chi connectivity index (χ3v) is 4.91. The van der Waals surface area contributed by atoms with Crippen molar-refractivity contribution in [2.75, 3.05) is 0 Å². The van der Waals surface area contributed by atoms with Crippen molar-refractivity contribution >= 4 is 65.7 Å². The fourth-order valence-corrected chi connectivity index (χ4v) is 3.98. The van der Waals surface area contributed by atoms with Gasteiger partial charge in [-0.05, 0) is 59.3 Å². The summed E-state index contributed by atoms with van der Waals surface area (Å²) in [7, 11) is 0. The first-order valence-electron chi connectivity index (χ1n) is 4.93. The molecule has 0 unspecified atom stereocenters. The Morgan fingerprint density at radius 1 is 1.06 bits per heavy atom. The second-order valence-electron chi connectivity index (χ2n) is 3.84. The molecule has 0 saturated heterocycles. The Kier molecular flexibility index (Phi) is 2.61. The van der Waals surface area contributed by atoms with Crippen LogP contribution in [0.3, 0.4) is 0 Å². The largest absolute Gasteiger partial charge is 0.135 e. The zero-order valence-electron chi connectivity index (χ0n) is 8.55. The summed E-state index contributed by atoms with van der Waals surface area (Å²) in [6, 6.07) is 10.8. The van der Waals surface area contributed by atoms with Crippen molar-refractivity contribution in [1.82, 2.24) is 0 Å². The van der Waals surface area contributed by atoms with Crippen molar-refractivity contribution < 1.29 is 0 Å². The SMILES string of the molecule is Cc1cc2c(cc1Cl)sc1cc(I)ccc12. The van der Waals surface area contributed by atoms with Crippen LogP contribution in [-0.4, -0.2) is 0 Å². The quantitative estimate of drug-likeness (QED) is 0.457. The molecule has 0 aliphatic heterocycles. The zero-order valence-corrected chi connectivity index (χ0v) is 12.3. The number of benzene rings is 2. The van der Waals surface area contributed by atoms with Crippen LogP contribution in [0.4, 0.5) is 0 Å². The van der Waals surface area contributed by atoms with E-state index in [1.165, 1.54) is 23.7 Å². The van der Waals surface area contributed by atoms with Crippen molar-refractivity contribution in [3.05, 3.63) is 44.5 Å². The fourth-order valence-electron chi connectivity index (χ4n) is 1.88. The number of aryl methyl sites for hydroxylation is 1. The van der Waals surface area contributed by atoms with Gasteiger partial charge in [0, 0.05) is 28.8 Å². The van der Waals surface area contributed by atoms with Gasteiger partial charge in [0.2, 0.25) is 0 Å². The predicted molar refractivity (Wildman–Crippen MR) is 81.8 cm³/mol. The summed E-state index contributed by atoms with van der Waals surface area (Å²) in [5.74, 6) is 0. The predicted octanol–water partition coefficient (Wildman–Crippen LogP) is 5.62. The van der Waals surface area contributed by atoms with Crippen molar-refractivity contribution in [1.29, 1.82) is 0 Å². The topological polar surface area (TPSA) is 0 Å². The van der Waals surface area contributed by atoms with Crippen molar-refractivity contribution in [2.24, 2.45) is 0 Å². The molecule has 1 heterocycles. The fraction of sp³-hybridized carbons (Fsp3) is 0.0769. The van der Waals surface area contributed by atoms with E-state index >= 15 is 0 Å². The Morgan fingerprint density at radius 3 is 2.62 bits per heavy atom. The van der Waals surface area contributed by atoms with Crippen LogP contribution in [0.25, 0.3) is 20.2 Å². The molecule has 0 fully saturated rings. The smallest absolute Gasteiger partial charge is 0.0449 e. The average Bonchev–Trinajstić information content (AvgIpc) is 2.55. The summed E-state index contributed by atoms with van der Waals surface area (Å²) in [6.07, 6.45) is 0. The lowest BCUT2D eigenvalue weighted by atomic mass is 10.1. The first-order chi connectivity index (χ1) is 7.65. The van der Waals surface area contributed by atoms with Gasteiger partial charge in [-0.2, -0.15) is 0 Å². The molecule has 0 aliphatic rings. The van der Waals surface area contributed by atoms with Crippen LogP contribution in [0.2, 0.25) is 5.02 Å². The first kappa shape index (κ1) is 10.8. The van der Waals surface area contributed by atoms with Crippen molar-refractivity contribution in [2.45, 2.75) is 6.92 Å². The molecule has 2 aromatic carbocycles. The second-order valence-corrected chi connectivity index (χ2v) is 6.58. The number of fused-ring (bicyclic) bond motifs is 3. The number of thiophene rings is 1. The van der Waals surface area contributed by atoms with Crippen molar-refractivity contribution in [3.8, 4) is 0 Å². The second kappa shape index (κ2) is 3.86. The van der Waals surface area contributed by atoms with E-state index in [0.29, 0.717) is 0 Å². The molecule has 0 bridgehead atoms. The summed E-state index contributed by atoms with van der Waals surface area (Å²) in [6.45, 7) is 2.05. The Balaban J connectivity index is 2.51. The van der Waals surface area contributed by atoms with Gasteiger partial charge in [-0.3, -0.25) is 0 Å². The van der Waals surface area contributed by atoms with E-state index in [9.17, 15) is 0 Å². The minimum atomic E-state index is 0.855. The number of rotatable bonds is 0. The summed E-state index contributed by atoms with van der Waals surface area (Å²) in [5, 5.41) is 3.51. The molecule has 3 aromatic rings. The van der Waals surface area contributed by atoms with Crippen LogP contribution in [0.1, 0.15) is 5.56 Å². The van der Waals surface area contributed by atoms with Crippen LogP contribution in [0.5, 0.6) is 0 Å². The third-order valence-electron chi connectivity index (χ3n) is 2.71. The maximum Gasteiger partial charge on any atom is 0.0449 e. The lowest BCUT2D eigenvalue weighted by Crippen LogP contribution is -1.74. The lowest BCUT2D eigenvalue weighted by Gasteiger charge is -1.97. The number of hydrogen-bond donors (Lipinski definition) is 0. The van der Waals surface area contributed by atoms with Crippen LogP contribution >= 0.6 is 45.5 Å². The average molecular weight is 359 g/mol. The minimum absolute atomic E-state index is 0.855. The molecular formula is C13H8ClIS. The molecule has 0 radical (unpaired) electrons. The Bertz CT molecular complexity index is 700. The lowest BCUT2D eigenvalue weighted by molar-refractivity contribution is 1.52. The van der Waals surface area contributed by atoms with E-state index in [2.05, 4.69) is 59.8 Å². The van der Waals surface area contributed by atoms with Gasteiger partial charge in [-0.15, -0.1) is 11.3 Å². The van der Waals surface area contributed by atoms with Gasteiger partial charge >= 0.3 is 0 Å². The van der Waals surface area contributed by atoms with Gasteiger partial charge in [0.15, 0.2) is 0 Å². The molecule has 1 aromatic heterocycles. The molecule has 80 valence electrons. The molecule has 16 heavy (non-hydrogen) atoms. The molecule has 0 atom stereocenters. The summed E-state index contributed by atoms with van der Waals surface area (Å²) >= 11 is 10.3. The molecule has 3 rings (SSSR count). The maximum atomic E-state index is 6.15. The van der Waals surface area contributed by atoms with Crippen LogP contribution in [0, 0.1) is 10.5 Å². The Morgan fingerprint density at radius 2 is 1.81 bits per heavy atom. The summed E-state index contributed by atoms with van der Waals surface area (Å²) in [5.41, 5.74) is 1.15. The highest BCUT2D eigenvalue weighted by Gasteiger charge is 2.07. The molecule has 0 spiro atoms. The van der Waals surface area contributed by atoms with Gasteiger partial charge < -0.3 is 0 Å². The van der Waals surface area contributed by atoms with Crippen molar-refractivity contribution in [3.63, 3.8) is 0 Å². The van der Waals surface area contributed by atoms with E-state index in [1.807, 2.05) is 11.3 Å². The normalized spacial score (nSPS) is 11.4. The molecule has 0 saturated carbocycles. The first-order valence-corrected chi connectivity index (χ1v) is 7.20. The Labute approximate surface area is 116 Å². The highest BCUT2D eigenvalue weighted by molar-refractivity contribution is 14.1. The van der Waals surface area contributed by atoms with Gasteiger partial charge in [0.05, 0.1) is 0 Å². The summed E-state index contributed by atoms with van der Waals surface area (Å²) < 4.78 is 3.88. The maximum absolute atomic E-state index is 6.15. The van der Waals surface area contributed by atoms with Gasteiger partial charge in [0.1, 0.15) is 0 Å². The van der Waals surface area contributed by atoms with E-state index < -0.39 is 0 Å². The van der Waals surface area contributed by atoms with E-state index in [1.54, 1.807) is 0 Å². The molecule has 0 aliphatic carbocycles. The molecular weight excluding hydrogens is 351 g/mol. The van der Waals surface area contributed by atoms with E-state index in [0.717, 1.165) is 10.6 Å². The van der Waals surface area contributed by atoms with Crippen LogP contribution in [0.15, 0.2) is 30.3 Å². The third kappa shape index (κ3) is 1.63. The standard InChI is InChI=1S/C13H8ClIS/c1-7-4-10-9-3-2-8(15)5-12(9)16-13(10)6-11(7)14/h2-6H,1H3. The van der Waals surface area contributed by atoms with Crippen LogP contribution < -0.4 is 0 Å². The molecule has 0 N–H and O–H groups in total. The number of halogens is 2. The highest BCUT2D eigenvalue weighted by atomic mass is 127. The highest BCUT2D eigenvalue weighted by Crippen LogP contribution is 2.37. The summed E-state index contributed by atoms with van der Waals surface area (Å²) in [4.78, 5) is 0.